The SMILES string of the molecule is CCOC(=O)c1c(C)nc2nc3c(c(N)c2c1-c1ccc(OC)cc1)CCCC3. The number of aromatic nitrogens is 2. The lowest BCUT2D eigenvalue weighted by Crippen LogP contribution is -2.14. The lowest BCUT2D eigenvalue weighted by molar-refractivity contribution is 0.0526. The molecule has 3 aromatic rings. The maximum atomic E-state index is 12.9. The zero-order chi connectivity index (χ0) is 20.5. The average molecular weight is 391 g/mol. The molecule has 6 nitrogen and oxygen atoms in total. The van der Waals surface area contributed by atoms with E-state index in [1.54, 1.807) is 14.0 Å². The van der Waals surface area contributed by atoms with Gasteiger partial charge in [-0.3, -0.25) is 0 Å². The first-order chi connectivity index (χ1) is 14.0. The maximum Gasteiger partial charge on any atom is 0.340 e. The van der Waals surface area contributed by atoms with Crippen molar-refractivity contribution in [3.63, 3.8) is 0 Å². The Hall–Kier alpha value is -3.15. The summed E-state index contributed by atoms with van der Waals surface area (Å²) >= 11 is 0. The Kier molecular flexibility index (Phi) is 5.09. The number of pyridine rings is 2. The average Bonchev–Trinajstić information content (AvgIpc) is 2.73. The molecule has 2 N–H and O–H groups in total. The first-order valence-corrected chi connectivity index (χ1v) is 9.98. The molecule has 0 aliphatic heterocycles. The summed E-state index contributed by atoms with van der Waals surface area (Å²) < 4.78 is 10.6. The zero-order valence-corrected chi connectivity index (χ0v) is 17.0. The minimum atomic E-state index is -0.401. The van der Waals surface area contributed by atoms with Crippen molar-refractivity contribution in [3.05, 3.63) is 46.8 Å². The van der Waals surface area contributed by atoms with E-state index in [1.807, 2.05) is 31.2 Å². The van der Waals surface area contributed by atoms with Crippen LogP contribution in [0, 0.1) is 6.92 Å². The summed E-state index contributed by atoms with van der Waals surface area (Å²) in [6, 6.07) is 7.59. The number of benzene rings is 1. The summed E-state index contributed by atoms with van der Waals surface area (Å²) in [6.45, 7) is 3.90. The molecule has 0 saturated heterocycles. The van der Waals surface area contributed by atoms with Crippen LogP contribution in [0.4, 0.5) is 5.69 Å². The molecule has 0 fully saturated rings. The van der Waals surface area contributed by atoms with Crippen molar-refractivity contribution in [2.45, 2.75) is 39.5 Å². The van der Waals surface area contributed by atoms with E-state index in [9.17, 15) is 4.79 Å². The van der Waals surface area contributed by atoms with Crippen LogP contribution < -0.4 is 10.5 Å². The molecule has 1 aliphatic rings. The number of fused-ring (bicyclic) bond motifs is 2. The number of methoxy groups -OCH3 is 1. The fourth-order valence-electron chi connectivity index (χ4n) is 4.11. The number of esters is 1. The van der Waals surface area contributed by atoms with Crippen molar-refractivity contribution < 1.29 is 14.3 Å². The fourth-order valence-corrected chi connectivity index (χ4v) is 4.11. The van der Waals surface area contributed by atoms with Gasteiger partial charge in [0.15, 0.2) is 5.65 Å². The van der Waals surface area contributed by atoms with Gasteiger partial charge in [-0.25, -0.2) is 14.8 Å². The molecule has 0 bridgehead atoms. The lowest BCUT2D eigenvalue weighted by Gasteiger charge is -2.21. The molecule has 0 amide bonds. The van der Waals surface area contributed by atoms with E-state index in [-0.39, 0.29) is 6.61 Å². The number of hydrogen-bond acceptors (Lipinski definition) is 6. The van der Waals surface area contributed by atoms with Crippen molar-refractivity contribution in [3.8, 4) is 16.9 Å². The van der Waals surface area contributed by atoms with E-state index < -0.39 is 5.97 Å². The van der Waals surface area contributed by atoms with Gasteiger partial charge in [0.1, 0.15) is 5.75 Å². The number of carbonyl (C=O) groups is 1. The smallest absolute Gasteiger partial charge is 0.340 e. The van der Waals surface area contributed by atoms with E-state index in [4.69, 9.17) is 20.2 Å². The van der Waals surface area contributed by atoms with Gasteiger partial charge < -0.3 is 15.2 Å². The molecule has 2 aromatic heterocycles. The highest BCUT2D eigenvalue weighted by molar-refractivity contribution is 6.11. The second-order valence-electron chi connectivity index (χ2n) is 7.25. The van der Waals surface area contributed by atoms with Crippen LogP contribution in [-0.2, 0) is 17.6 Å². The number of nitrogen functional groups attached to an aromatic ring is 1. The summed E-state index contributed by atoms with van der Waals surface area (Å²) in [7, 11) is 1.62. The first kappa shape index (κ1) is 19.2. The topological polar surface area (TPSA) is 87.3 Å². The summed E-state index contributed by atoms with van der Waals surface area (Å²) in [5, 5.41) is 0.726. The van der Waals surface area contributed by atoms with Gasteiger partial charge in [0.25, 0.3) is 0 Å². The van der Waals surface area contributed by atoms with Gasteiger partial charge in [-0.05, 0) is 62.8 Å². The Labute approximate surface area is 170 Å². The number of ether oxygens (including phenoxy) is 2. The van der Waals surface area contributed by atoms with Crippen molar-refractivity contribution in [2.24, 2.45) is 0 Å². The standard InChI is InChI=1S/C23H25N3O3/c1-4-29-23(27)18-13(2)25-22-20(19(18)14-9-11-15(28-3)12-10-14)21(24)16-7-5-6-8-17(16)26-22/h9-12H,4-8H2,1-3H3,(H2,24,25,26). The highest BCUT2D eigenvalue weighted by Crippen LogP contribution is 2.40. The van der Waals surface area contributed by atoms with Crippen LogP contribution in [0.2, 0.25) is 0 Å². The zero-order valence-electron chi connectivity index (χ0n) is 17.0. The van der Waals surface area contributed by atoms with E-state index in [2.05, 4.69) is 4.98 Å². The van der Waals surface area contributed by atoms with E-state index in [0.29, 0.717) is 22.6 Å². The van der Waals surface area contributed by atoms with Gasteiger partial charge in [0.05, 0.1) is 30.4 Å². The highest BCUT2D eigenvalue weighted by atomic mass is 16.5. The molecule has 1 aromatic carbocycles. The normalized spacial score (nSPS) is 13.2. The Morgan fingerprint density at radius 2 is 1.86 bits per heavy atom. The molecular weight excluding hydrogens is 366 g/mol. The Bertz CT molecular complexity index is 1090. The Morgan fingerprint density at radius 3 is 2.55 bits per heavy atom. The molecule has 4 rings (SSSR count). The summed E-state index contributed by atoms with van der Waals surface area (Å²) in [6.07, 6.45) is 4.00. The number of carbonyl (C=O) groups excluding carboxylic acids is 1. The molecule has 6 heteroatoms. The van der Waals surface area contributed by atoms with Crippen LogP contribution in [0.25, 0.3) is 22.2 Å². The van der Waals surface area contributed by atoms with Gasteiger partial charge in [0.2, 0.25) is 0 Å². The molecule has 0 spiro atoms. The molecule has 0 atom stereocenters. The fraction of sp³-hybridized carbons (Fsp3) is 0.348. The van der Waals surface area contributed by atoms with Crippen molar-refractivity contribution in [2.75, 3.05) is 19.5 Å². The molecule has 2 heterocycles. The van der Waals surface area contributed by atoms with Crippen LogP contribution in [0.1, 0.15) is 47.1 Å². The third-order valence-corrected chi connectivity index (χ3v) is 5.49. The monoisotopic (exact) mass is 391 g/mol. The van der Waals surface area contributed by atoms with Crippen LogP contribution >= 0.6 is 0 Å². The van der Waals surface area contributed by atoms with Crippen molar-refractivity contribution in [1.29, 1.82) is 0 Å². The summed E-state index contributed by atoms with van der Waals surface area (Å²) in [5.74, 6) is 0.340. The third-order valence-electron chi connectivity index (χ3n) is 5.49. The van der Waals surface area contributed by atoms with Crippen LogP contribution in [0.3, 0.4) is 0 Å². The third kappa shape index (κ3) is 3.28. The Morgan fingerprint density at radius 1 is 1.14 bits per heavy atom. The number of anilines is 1. The summed E-state index contributed by atoms with van der Waals surface area (Å²) in [4.78, 5) is 22.4. The predicted octanol–water partition coefficient (Wildman–Crippen LogP) is 4.25. The second kappa shape index (κ2) is 7.70. The quantitative estimate of drug-likeness (QED) is 0.669. The second-order valence-corrected chi connectivity index (χ2v) is 7.25. The van der Waals surface area contributed by atoms with Crippen LogP contribution in [0.5, 0.6) is 5.75 Å². The number of hydrogen-bond donors (Lipinski definition) is 1. The van der Waals surface area contributed by atoms with Gasteiger partial charge in [-0.15, -0.1) is 0 Å². The van der Waals surface area contributed by atoms with E-state index in [0.717, 1.165) is 59.2 Å². The molecule has 1 aliphatic carbocycles. The molecular formula is C23H25N3O3. The molecule has 29 heavy (non-hydrogen) atoms. The molecule has 0 unspecified atom stereocenters. The largest absolute Gasteiger partial charge is 0.497 e. The summed E-state index contributed by atoms with van der Waals surface area (Å²) in [5.41, 5.74) is 12.6. The van der Waals surface area contributed by atoms with Crippen molar-refractivity contribution >= 4 is 22.7 Å². The predicted molar refractivity (Wildman–Crippen MR) is 113 cm³/mol. The minimum absolute atomic E-state index is 0.288. The molecule has 0 radical (unpaired) electrons. The van der Waals surface area contributed by atoms with E-state index in [1.165, 1.54) is 0 Å². The minimum Gasteiger partial charge on any atom is -0.497 e. The number of rotatable bonds is 4. The highest BCUT2D eigenvalue weighted by Gasteiger charge is 2.26. The van der Waals surface area contributed by atoms with Gasteiger partial charge in [-0.1, -0.05) is 12.1 Å². The maximum absolute atomic E-state index is 12.9. The molecule has 0 saturated carbocycles. The molecule has 150 valence electrons. The van der Waals surface area contributed by atoms with Crippen LogP contribution in [-0.4, -0.2) is 29.7 Å². The number of nitrogens with zero attached hydrogens (tertiary/aromatic N) is 2. The van der Waals surface area contributed by atoms with Gasteiger partial charge in [0, 0.05) is 16.9 Å². The number of aryl methyl sites for hydroxylation is 2. The van der Waals surface area contributed by atoms with Crippen molar-refractivity contribution in [1.82, 2.24) is 9.97 Å². The van der Waals surface area contributed by atoms with Gasteiger partial charge in [-0.2, -0.15) is 0 Å². The lowest BCUT2D eigenvalue weighted by atomic mass is 9.89. The van der Waals surface area contributed by atoms with Crippen LogP contribution in [0.15, 0.2) is 24.3 Å². The number of nitrogens with two attached hydrogens (primary N) is 1. The first-order valence-electron chi connectivity index (χ1n) is 9.98. The van der Waals surface area contributed by atoms with E-state index >= 15 is 0 Å². The van der Waals surface area contributed by atoms with Gasteiger partial charge >= 0.3 is 5.97 Å². The Balaban J connectivity index is 2.09.